The normalized spacial score (nSPS) is 16.1. The lowest BCUT2D eigenvalue weighted by Crippen LogP contribution is -2.20. The minimum Gasteiger partial charge on any atom is -0.462 e. The van der Waals surface area contributed by atoms with Gasteiger partial charge in [-0.1, -0.05) is 0 Å². The van der Waals surface area contributed by atoms with Crippen molar-refractivity contribution in [3.63, 3.8) is 0 Å². The van der Waals surface area contributed by atoms with Gasteiger partial charge in [0.25, 0.3) is 0 Å². The molecule has 0 unspecified atom stereocenters. The Morgan fingerprint density at radius 2 is 2.17 bits per heavy atom. The van der Waals surface area contributed by atoms with Gasteiger partial charge in [0, 0.05) is 12.4 Å². The molecule has 1 fully saturated rings. The molecule has 0 radical (unpaired) electrons. The van der Waals surface area contributed by atoms with E-state index < -0.39 is 0 Å². The van der Waals surface area contributed by atoms with Gasteiger partial charge >= 0.3 is 5.97 Å². The number of esters is 1. The minimum absolute atomic E-state index is 0.213. The molecule has 0 spiro atoms. The summed E-state index contributed by atoms with van der Waals surface area (Å²) in [5.74, 6) is -0.213. The SMILES string of the molecule is CCOC(=O)c1c[nH]cc1CCCN1CCCC1. The molecule has 1 aliphatic heterocycles. The van der Waals surface area contributed by atoms with E-state index in [-0.39, 0.29) is 5.97 Å². The zero-order valence-electron chi connectivity index (χ0n) is 11.1. The lowest BCUT2D eigenvalue weighted by molar-refractivity contribution is 0.0525. The number of likely N-dealkylation sites (tertiary alicyclic amines) is 1. The summed E-state index contributed by atoms with van der Waals surface area (Å²) < 4.78 is 5.04. The number of nitrogens with one attached hydrogen (secondary N) is 1. The highest BCUT2D eigenvalue weighted by Crippen LogP contribution is 2.14. The molecule has 1 saturated heterocycles. The van der Waals surface area contributed by atoms with Crippen molar-refractivity contribution < 1.29 is 9.53 Å². The second kappa shape index (κ2) is 6.59. The number of H-pyrrole nitrogens is 1. The molecule has 1 N–H and O–H groups in total. The molecule has 18 heavy (non-hydrogen) atoms. The molecule has 0 bridgehead atoms. The molecule has 100 valence electrons. The highest BCUT2D eigenvalue weighted by atomic mass is 16.5. The Labute approximate surface area is 108 Å². The van der Waals surface area contributed by atoms with Crippen molar-refractivity contribution in [1.82, 2.24) is 9.88 Å². The molecule has 2 heterocycles. The number of aromatic amines is 1. The van der Waals surface area contributed by atoms with Crippen LogP contribution in [-0.4, -0.2) is 42.1 Å². The third-order valence-corrected chi connectivity index (χ3v) is 3.45. The number of nitrogens with zero attached hydrogens (tertiary/aromatic N) is 1. The van der Waals surface area contributed by atoms with Crippen molar-refractivity contribution in [2.75, 3.05) is 26.2 Å². The van der Waals surface area contributed by atoms with E-state index in [1.807, 2.05) is 13.1 Å². The van der Waals surface area contributed by atoms with E-state index in [2.05, 4.69) is 9.88 Å². The summed E-state index contributed by atoms with van der Waals surface area (Å²) in [5, 5.41) is 0. The number of aromatic nitrogens is 1. The maximum absolute atomic E-state index is 11.7. The smallest absolute Gasteiger partial charge is 0.339 e. The first-order valence-corrected chi connectivity index (χ1v) is 6.86. The largest absolute Gasteiger partial charge is 0.462 e. The van der Waals surface area contributed by atoms with E-state index in [1.165, 1.54) is 25.9 Å². The maximum atomic E-state index is 11.7. The van der Waals surface area contributed by atoms with E-state index in [9.17, 15) is 4.79 Å². The molecule has 1 aliphatic rings. The number of hydrogen-bond donors (Lipinski definition) is 1. The van der Waals surface area contributed by atoms with Crippen LogP contribution in [0.1, 0.15) is 42.1 Å². The van der Waals surface area contributed by atoms with Crippen molar-refractivity contribution in [2.45, 2.75) is 32.6 Å². The van der Waals surface area contributed by atoms with Crippen LogP contribution in [-0.2, 0) is 11.2 Å². The zero-order chi connectivity index (χ0) is 12.8. The molecule has 0 aliphatic carbocycles. The zero-order valence-corrected chi connectivity index (χ0v) is 11.1. The molecule has 0 aromatic carbocycles. The molecular weight excluding hydrogens is 228 g/mol. The molecule has 0 amide bonds. The average Bonchev–Trinajstić information content (AvgIpc) is 3.00. The van der Waals surface area contributed by atoms with Crippen LogP contribution in [0.15, 0.2) is 12.4 Å². The second-order valence-electron chi connectivity index (χ2n) is 4.77. The standard InChI is InChI=1S/C14H22N2O2/c1-2-18-14(17)13-11-15-10-12(13)6-5-9-16-7-3-4-8-16/h10-11,15H,2-9H2,1H3. The maximum Gasteiger partial charge on any atom is 0.339 e. The van der Waals surface area contributed by atoms with E-state index >= 15 is 0 Å². The fourth-order valence-corrected chi connectivity index (χ4v) is 2.50. The summed E-state index contributed by atoms with van der Waals surface area (Å²) in [6.45, 7) is 5.86. The van der Waals surface area contributed by atoms with Crippen molar-refractivity contribution in [3.8, 4) is 0 Å². The monoisotopic (exact) mass is 250 g/mol. The van der Waals surface area contributed by atoms with Gasteiger partial charge in [-0.05, 0) is 57.8 Å². The molecule has 4 heteroatoms. The summed E-state index contributed by atoms with van der Waals surface area (Å²) in [7, 11) is 0. The van der Waals surface area contributed by atoms with E-state index in [0.29, 0.717) is 12.2 Å². The molecule has 1 aromatic rings. The van der Waals surface area contributed by atoms with Crippen LogP contribution in [0.2, 0.25) is 0 Å². The van der Waals surface area contributed by atoms with E-state index in [4.69, 9.17) is 4.74 Å². The van der Waals surface area contributed by atoms with E-state index in [1.54, 1.807) is 6.20 Å². The quantitative estimate of drug-likeness (QED) is 0.787. The predicted octanol–water partition coefficient (Wildman–Crippen LogP) is 2.22. The van der Waals surface area contributed by atoms with Crippen LogP contribution in [0.25, 0.3) is 0 Å². The predicted molar refractivity (Wildman–Crippen MR) is 70.7 cm³/mol. The molecule has 4 nitrogen and oxygen atoms in total. The van der Waals surface area contributed by atoms with Gasteiger partial charge in [-0.25, -0.2) is 4.79 Å². The number of ether oxygens (including phenoxy) is 1. The van der Waals surface area contributed by atoms with Gasteiger partial charge < -0.3 is 14.6 Å². The van der Waals surface area contributed by atoms with Gasteiger partial charge in [-0.3, -0.25) is 0 Å². The summed E-state index contributed by atoms with van der Waals surface area (Å²) in [5.41, 5.74) is 1.77. The van der Waals surface area contributed by atoms with Crippen LogP contribution >= 0.6 is 0 Å². The highest BCUT2D eigenvalue weighted by Gasteiger charge is 2.14. The van der Waals surface area contributed by atoms with Crippen LogP contribution in [0.5, 0.6) is 0 Å². The molecule has 0 saturated carbocycles. The van der Waals surface area contributed by atoms with Gasteiger partial charge in [0.2, 0.25) is 0 Å². The first kappa shape index (κ1) is 13.1. The highest BCUT2D eigenvalue weighted by molar-refractivity contribution is 5.90. The number of carbonyl (C=O) groups excluding carboxylic acids is 1. The van der Waals surface area contributed by atoms with Crippen LogP contribution in [0, 0.1) is 0 Å². The third kappa shape index (κ3) is 3.35. The fourth-order valence-electron chi connectivity index (χ4n) is 2.50. The Bertz CT molecular complexity index is 381. The molecule has 0 atom stereocenters. The van der Waals surface area contributed by atoms with E-state index in [0.717, 1.165) is 24.9 Å². The number of aryl methyl sites for hydroxylation is 1. The lowest BCUT2D eigenvalue weighted by atomic mass is 10.1. The van der Waals surface area contributed by atoms with Gasteiger partial charge in [0.1, 0.15) is 0 Å². The summed E-state index contributed by atoms with van der Waals surface area (Å²) in [4.78, 5) is 17.2. The minimum atomic E-state index is -0.213. The second-order valence-corrected chi connectivity index (χ2v) is 4.77. The average molecular weight is 250 g/mol. The van der Waals surface area contributed by atoms with Gasteiger partial charge in [0.05, 0.1) is 12.2 Å². The fraction of sp³-hybridized carbons (Fsp3) is 0.643. The lowest BCUT2D eigenvalue weighted by Gasteiger charge is -2.13. The molecule has 2 rings (SSSR count). The van der Waals surface area contributed by atoms with Crippen molar-refractivity contribution in [2.24, 2.45) is 0 Å². The van der Waals surface area contributed by atoms with Crippen LogP contribution in [0.4, 0.5) is 0 Å². The van der Waals surface area contributed by atoms with Crippen molar-refractivity contribution in [1.29, 1.82) is 0 Å². The van der Waals surface area contributed by atoms with Gasteiger partial charge in [0.15, 0.2) is 0 Å². The Balaban J connectivity index is 1.81. The van der Waals surface area contributed by atoms with Gasteiger partial charge in [-0.15, -0.1) is 0 Å². The summed E-state index contributed by atoms with van der Waals surface area (Å²) >= 11 is 0. The van der Waals surface area contributed by atoms with Crippen LogP contribution < -0.4 is 0 Å². The summed E-state index contributed by atoms with van der Waals surface area (Å²) in [6, 6.07) is 0. The third-order valence-electron chi connectivity index (χ3n) is 3.45. The first-order valence-electron chi connectivity index (χ1n) is 6.86. The Hall–Kier alpha value is -1.29. The van der Waals surface area contributed by atoms with Crippen LogP contribution in [0.3, 0.4) is 0 Å². The first-order chi connectivity index (χ1) is 8.81. The van der Waals surface area contributed by atoms with Gasteiger partial charge in [-0.2, -0.15) is 0 Å². The Morgan fingerprint density at radius 3 is 2.89 bits per heavy atom. The number of carbonyl (C=O) groups is 1. The molecular formula is C14H22N2O2. The number of hydrogen-bond acceptors (Lipinski definition) is 3. The van der Waals surface area contributed by atoms with Crippen molar-refractivity contribution >= 4 is 5.97 Å². The summed E-state index contributed by atoms with van der Waals surface area (Å²) in [6.07, 6.45) is 8.36. The topological polar surface area (TPSA) is 45.3 Å². The molecule has 1 aromatic heterocycles. The number of rotatable bonds is 6. The van der Waals surface area contributed by atoms with Crippen molar-refractivity contribution in [3.05, 3.63) is 23.5 Å². The Kier molecular flexibility index (Phi) is 4.81. The Morgan fingerprint density at radius 1 is 1.39 bits per heavy atom.